The Balaban J connectivity index is 0. The average molecular weight is 221 g/mol. The summed E-state index contributed by atoms with van der Waals surface area (Å²) in [5, 5.41) is 15.9. The zero-order valence-corrected chi connectivity index (χ0v) is 9.23. The highest BCUT2D eigenvalue weighted by Gasteiger charge is 2.24. The third-order valence-electron chi connectivity index (χ3n) is 1.39. The molecule has 0 saturated heterocycles. The Morgan fingerprint density at radius 3 is 1.67 bits per heavy atom. The van der Waals surface area contributed by atoms with Crippen LogP contribution < -0.4 is 11.5 Å². The smallest absolute Gasteiger partial charge is 0.407 e. The Hall–Kier alpha value is -1.50. The summed E-state index contributed by atoms with van der Waals surface area (Å²) in [6.45, 7) is 6.28. The van der Waals surface area contributed by atoms with Gasteiger partial charge in [0.05, 0.1) is 0 Å². The summed E-state index contributed by atoms with van der Waals surface area (Å²) in [5.41, 5.74) is 8.93. The molecule has 0 spiro atoms. The van der Waals surface area contributed by atoms with E-state index in [1.165, 1.54) is 4.90 Å². The molecular weight excluding hydrogens is 202 g/mol. The number of carbonyl (C=O) groups is 2. The number of hydrogen-bond acceptors (Lipinski definition) is 3. The number of rotatable bonds is 2. The standard InChI is InChI=1S/C7H16N2O2.CH3NO2/c1-7(2,3)9(5-4-8)6(10)11;2-1(3)4/h4-5,8H2,1-3H3,(H,10,11);2H2,(H,3,4). The Kier molecular flexibility index (Phi) is 7.32. The Morgan fingerprint density at radius 2 is 1.60 bits per heavy atom. The molecule has 0 unspecified atom stereocenters. The van der Waals surface area contributed by atoms with Crippen molar-refractivity contribution >= 4 is 12.2 Å². The second-order valence-corrected chi connectivity index (χ2v) is 3.73. The second kappa shape index (κ2) is 6.88. The van der Waals surface area contributed by atoms with Gasteiger partial charge in [0, 0.05) is 18.6 Å². The first-order valence-electron chi connectivity index (χ1n) is 4.32. The van der Waals surface area contributed by atoms with E-state index in [1.54, 1.807) is 0 Å². The SMILES string of the molecule is CC(C)(C)N(CCN)C(=O)O.NC(=O)O. The molecule has 7 nitrogen and oxygen atoms in total. The van der Waals surface area contributed by atoms with Gasteiger partial charge in [-0.25, -0.2) is 9.59 Å². The lowest BCUT2D eigenvalue weighted by atomic mass is 10.1. The predicted molar refractivity (Wildman–Crippen MR) is 55.8 cm³/mol. The number of primary amides is 1. The first-order chi connectivity index (χ1) is 6.62. The van der Waals surface area contributed by atoms with E-state index in [4.69, 9.17) is 20.7 Å². The normalized spacial score (nSPS) is 9.87. The van der Waals surface area contributed by atoms with E-state index >= 15 is 0 Å². The van der Waals surface area contributed by atoms with Crippen molar-refractivity contribution in [1.82, 2.24) is 4.90 Å². The van der Waals surface area contributed by atoms with Gasteiger partial charge in [-0.15, -0.1) is 0 Å². The van der Waals surface area contributed by atoms with Crippen molar-refractivity contribution in [3.8, 4) is 0 Å². The van der Waals surface area contributed by atoms with Crippen LogP contribution in [-0.4, -0.2) is 45.9 Å². The number of nitrogens with zero attached hydrogens (tertiary/aromatic N) is 1. The van der Waals surface area contributed by atoms with Crippen LogP contribution in [0.25, 0.3) is 0 Å². The molecule has 0 aromatic rings. The fraction of sp³-hybridized carbons (Fsp3) is 0.750. The van der Waals surface area contributed by atoms with Gasteiger partial charge < -0.3 is 26.6 Å². The third kappa shape index (κ3) is 10.4. The van der Waals surface area contributed by atoms with Crippen molar-refractivity contribution in [3.63, 3.8) is 0 Å². The molecule has 7 heteroatoms. The molecule has 0 saturated carbocycles. The fourth-order valence-electron chi connectivity index (χ4n) is 0.847. The van der Waals surface area contributed by atoms with Crippen LogP contribution >= 0.6 is 0 Å². The largest absolute Gasteiger partial charge is 0.465 e. The maximum absolute atomic E-state index is 10.6. The maximum atomic E-state index is 10.6. The molecule has 0 fully saturated rings. The third-order valence-corrected chi connectivity index (χ3v) is 1.39. The molecule has 0 aliphatic heterocycles. The maximum Gasteiger partial charge on any atom is 0.407 e. The van der Waals surface area contributed by atoms with Crippen LogP contribution in [-0.2, 0) is 0 Å². The van der Waals surface area contributed by atoms with Gasteiger partial charge >= 0.3 is 12.2 Å². The van der Waals surface area contributed by atoms with Crippen LogP contribution in [0.1, 0.15) is 20.8 Å². The first-order valence-corrected chi connectivity index (χ1v) is 4.32. The van der Waals surface area contributed by atoms with E-state index in [1.807, 2.05) is 20.8 Å². The van der Waals surface area contributed by atoms with Crippen molar-refractivity contribution in [1.29, 1.82) is 0 Å². The lowest BCUT2D eigenvalue weighted by Gasteiger charge is -2.32. The topological polar surface area (TPSA) is 130 Å². The number of nitrogens with two attached hydrogens (primary N) is 2. The van der Waals surface area contributed by atoms with Gasteiger partial charge in [-0.1, -0.05) is 0 Å². The Labute approximate surface area is 88.7 Å². The number of hydrogen-bond donors (Lipinski definition) is 4. The van der Waals surface area contributed by atoms with Crippen LogP contribution in [0.3, 0.4) is 0 Å². The minimum atomic E-state index is -1.33. The fourth-order valence-corrected chi connectivity index (χ4v) is 0.847. The lowest BCUT2D eigenvalue weighted by molar-refractivity contribution is 0.102. The number of amides is 2. The van der Waals surface area contributed by atoms with Crippen LogP contribution in [0.5, 0.6) is 0 Å². The predicted octanol–water partition coefficient (Wildman–Crippen LogP) is 0.347. The average Bonchev–Trinajstić information content (AvgIpc) is 1.95. The first kappa shape index (κ1) is 15.9. The van der Waals surface area contributed by atoms with Crippen LogP contribution in [0.15, 0.2) is 0 Å². The van der Waals surface area contributed by atoms with Crippen LogP contribution in [0.2, 0.25) is 0 Å². The molecule has 6 N–H and O–H groups in total. The highest BCUT2D eigenvalue weighted by molar-refractivity contribution is 5.65. The minimum Gasteiger partial charge on any atom is -0.465 e. The molecule has 0 heterocycles. The van der Waals surface area contributed by atoms with Gasteiger partial charge in [-0.05, 0) is 20.8 Å². The minimum absolute atomic E-state index is 0.356. The highest BCUT2D eigenvalue weighted by Crippen LogP contribution is 2.11. The van der Waals surface area contributed by atoms with Gasteiger partial charge in [0.25, 0.3) is 0 Å². The van der Waals surface area contributed by atoms with Gasteiger partial charge in [-0.2, -0.15) is 0 Å². The van der Waals surface area contributed by atoms with E-state index in [2.05, 4.69) is 5.73 Å². The van der Waals surface area contributed by atoms with Gasteiger partial charge in [0.15, 0.2) is 0 Å². The molecule has 0 radical (unpaired) electrons. The quantitative estimate of drug-likeness (QED) is 0.534. The van der Waals surface area contributed by atoms with Gasteiger partial charge in [0.2, 0.25) is 0 Å². The van der Waals surface area contributed by atoms with Crippen molar-refractivity contribution in [3.05, 3.63) is 0 Å². The summed E-state index contributed by atoms with van der Waals surface area (Å²) in [4.78, 5) is 20.7. The zero-order valence-electron chi connectivity index (χ0n) is 9.23. The summed E-state index contributed by atoms with van der Waals surface area (Å²) < 4.78 is 0. The molecule has 0 aromatic carbocycles. The highest BCUT2D eigenvalue weighted by atomic mass is 16.4. The molecule has 0 bridgehead atoms. The molecule has 0 rings (SSSR count). The Morgan fingerprint density at radius 1 is 1.27 bits per heavy atom. The van der Waals surface area contributed by atoms with E-state index < -0.39 is 12.2 Å². The molecule has 0 aliphatic carbocycles. The summed E-state index contributed by atoms with van der Waals surface area (Å²) in [6, 6.07) is 0. The van der Waals surface area contributed by atoms with Gasteiger partial charge in [0.1, 0.15) is 0 Å². The second-order valence-electron chi connectivity index (χ2n) is 3.73. The molecule has 0 aliphatic rings. The zero-order chi connectivity index (χ0) is 12.6. The monoisotopic (exact) mass is 221 g/mol. The summed E-state index contributed by atoms with van der Waals surface area (Å²) in [5.74, 6) is 0. The summed E-state index contributed by atoms with van der Waals surface area (Å²) >= 11 is 0. The van der Waals surface area contributed by atoms with Crippen LogP contribution in [0.4, 0.5) is 9.59 Å². The number of carboxylic acid groups (broad SMARTS) is 2. The van der Waals surface area contributed by atoms with E-state index in [0.717, 1.165) is 0 Å². The van der Waals surface area contributed by atoms with Gasteiger partial charge in [-0.3, -0.25) is 0 Å². The molecule has 15 heavy (non-hydrogen) atoms. The van der Waals surface area contributed by atoms with Crippen molar-refractivity contribution < 1.29 is 19.8 Å². The Bertz CT molecular complexity index is 208. The van der Waals surface area contributed by atoms with Crippen molar-refractivity contribution in [2.75, 3.05) is 13.1 Å². The molecule has 0 atom stereocenters. The molecular formula is C8H19N3O4. The van der Waals surface area contributed by atoms with E-state index in [9.17, 15) is 4.79 Å². The van der Waals surface area contributed by atoms with Crippen molar-refractivity contribution in [2.45, 2.75) is 26.3 Å². The summed E-state index contributed by atoms with van der Waals surface area (Å²) in [6.07, 6.45) is -2.25. The summed E-state index contributed by atoms with van der Waals surface area (Å²) in [7, 11) is 0. The lowest BCUT2D eigenvalue weighted by Crippen LogP contribution is -2.47. The van der Waals surface area contributed by atoms with E-state index in [-0.39, 0.29) is 5.54 Å². The molecule has 2 amide bonds. The van der Waals surface area contributed by atoms with E-state index in [0.29, 0.717) is 13.1 Å². The van der Waals surface area contributed by atoms with Crippen LogP contribution in [0, 0.1) is 0 Å². The molecule has 0 aromatic heterocycles. The van der Waals surface area contributed by atoms with Crippen molar-refractivity contribution in [2.24, 2.45) is 11.5 Å². The molecule has 90 valence electrons.